The minimum atomic E-state index is -0.206. The van der Waals surface area contributed by atoms with Gasteiger partial charge in [0.05, 0.1) is 12.9 Å². The van der Waals surface area contributed by atoms with Crippen molar-refractivity contribution in [3.63, 3.8) is 0 Å². The van der Waals surface area contributed by atoms with Crippen LogP contribution >= 0.6 is 0 Å². The molecule has 4 aromatic rings. The van der Waals surface area contributed by atoms with Gasteiger partial charge < -0.3 is 14.5 Å². The second kappa shape index (κ2) is 9.91. The molecule has 0 fully saturated rings. The summed E-state index contributed by atoms with van der Waals surface area (Å²) in [5.74, 6) is 1.02. The summed E-state index contributed by atoms with van der Waals surface area (Å²) in [4.78, 5) is 16.8. The molecule has 34 heavy (non-hydrogen) atoms. The maximum absolute atomic E-state index is 12.6. The number of imidazole rings is 1. The zero-order valence-corrected chi connectivity index (χ0v) is 19.0. The van der Waals surface area contributed by atoms with E-state index in [0.29, 0.717) is 13.0 Å². The molecule has 2 aromatic carbocycles. The van der Waals surface area contributed by atoms with Crippen LogP contribution in [0, 0.1) is 5.21 Å². The molecule has 1 atom stereocenters. The first-order valence-electron chi connectivity index (χ1n) is 11.7. The summed E-state index contributed by atoms with van der Waals surface area (Å²) in [5.41, 5.74) is 5.19. The van der Waals surface area contributed by atoms with E-state index < -0.39 is 0 Å². The van der Waals surface area contributed by atoms with Crippen molar-refractivity contribution in [1.29, 1.82) is 0 Å². The molecule has 0 radical (unpaired) electrons. The number of pyridine rings is 1. The van der Waals surface area contributed by atoms with E-state index in [-0.39, 0.29) is 11.9 Å². The van der Waals surface area contributed by atoms with E-state index in [4.69, 9.17) is 4.74 Å². The largest absolute Gasteiger partial charge is 0.619 e. The number of Topliss-reactive ketones (excluding diaryl/α,β-unsaturated/α-hetero) is 1. The number of nitrogens with zero attached hydrogens (tertiary/aromatic N) is 3. The molecule has 1 aliphatic carbocycles. The maximum Gasteiger partial charge on any atom is 0.180 e. The lowest BCUT2D eigenvalue weighted by atomic mass is 9.85. The van der Waals surface area contributed by atoms with Crippen molar-refractivity contribution < 1.29 is 14.3 Å². The zero-order chi connectivity index (χ0) is 23.3. The Balaban J connectivity index is 1.49. The number of ether oxygens (including phenoxy) is 1. The monoisotopic (exact) mass is 453 g/mol. The summed E-state index contributed by atoms with van der Waals surface area (Å²) < 4.78 is 9.51. The first kappa shape index (κ1) is 21.9. The second-order valence-corrected chi connectivity index (χ2v) is 8.69. The Morgan fingerprint density at radius 3 is 2.62 bits per heavy atom. The van der Waals surface area contributed by atoms with Gasteiger partial charge in [-0.1, -0.05) is 30.3 Å². The predicted octanol–water partition coefficient (Wildman–Crippen LogP) is 4.64. The van der Waals surface area contributed by atoms with Gasteiger partial charge in [-0.2, -0.15) is 4.73 Å². The molecule has 6 heteroatoms. The van der Waals surface area contributed by atoms with Crippen LogP contribution in [0.3, 0.4) is 0 Å². The highest BCUT2D eigenvalue weighted by Crippen LogP contribution is 2.35. The fraction of sp³-hybridized carbons (Fsp3) is 0.250. The number of benzene rings is 2. The molecule has 0 amide bonds. The molecule has 5 rings (SSSR count). The molecule has 172 valence electrons. The summed E-state index contributed by atoms with van der Waals surface area (Å²) in [6, 6.07) is 17.8. The number of hydrogen-bond acceptors (Lipinski definition) is 4. The smallest absolute Gasteiger partial charge is 0.180 e. The third-order valence-electron chi connectivity index (χ3n) is 6.43. The zero-order valence-electron chi connectivity index (χ0n) is 19.0. The molecular formula is C28H27N3O3. The molecule has 0 bridgehead atoms. The molecule has 1 aliphatic rings. The topological polar surface area (TPSA) is 71.1 Å². The van der Waals surface area contributed by atoms with Crippen LogP contribution in [0.15, 0.2) is 85.7 Å². The lowest BCUT2D eigenvalue weighted by Gasteiger charge is -2.26. The van der Waals surface area contributed by atoms with Gasteiger partial charge in [-0.15, -0.1) is 0 Å². The Bertz CT molecular complexity index is 1250. The van der Waals surface area contributed by atoms with Gasteiger partial charge in [0, 0.05) is 36.5 Å². The van der Waals surface area contributed by atoms with Crippen molar-refractivity contribution >= 4 is 5.78 Å². The number of hydrogen-bond donors (Lipinski definition) is 0. The Morgan fingerprint density at radius 2 is 1.85 bits per heavy atom. The summed E-state index contributed by atoms with van der Waals surface area (Å²) in [5, 5.41) is 11.4. The molecule has 0 saturated carbocycles. The highest BCUT2D eigenvalue weighted by Gasteiger charge is 2.24. The van der Waals surface area contributed by atoms with Crippen LogP contribution in [0.25, 0.3) is 0 Å². The summed E-state index contributed by atoms with van der Waals surface area (Å²) in [6.07, 6.45) is 12.2. The number of carbonyl (C=O) groups excluding carboxylic acids is 1. The number of aryl methyl sites for hydroxylation is 1. The van der Waals surface area contributed by atoms with Crippen LogP contribution in [-0.4, -0.2) is 15.3 Å². The molecule has 2 heterocycles. The average molecular weight is 454 g/mol. The molecule has 0 N–H and O–H groups in total. The summed E-state index contributed by atoms with van der Waals surface area (Å²) in [7, 11) is 0. The molecule has 0 saturated heterocycles. The Labute approximate surface area is 199 Å². The lowest BCUT2D eigenvalue weighted by Crippen LogP contribution is -2.23. The van der Waals surface area contributed by atoms with E-state index in [9.17, 15) is 10.0 Å². The minimum absolute atomic E-state index is 0.206. The minimum Gasteiger partial charge on any atom is -0.619 e. The second-order valence-electron chi connectivity index (χ2n) is 8.69. The van der Waals surface area contributed by atoms with Crippen LogP contribution in [0.4, 0.5) is 0 Å². The standard InChI is InChI=1S/C28H27N3O3/c32-26-8-4-7-23-24(26)11-12-27(25(23)10-9-21-13-16-31(33)17-14-21)34-28(19-30-18-15-29-20-30)22-5-2-1-3-6-22/h1-3,5-6,11-18,20,28H,4,7-10,19H2. The lowest BCUT2D eigenvalue weighted by molar-refractivity contribution is -0.605. The predicted molar refractivity (Wildman–Crippen MR) is 129 cm³/mol. The molecular weight excluding hydrogens is 426 g/mol. The number of aromatic nitrogens is 3. The van der Waals surface area contributed by atoms with E-state index in [0.717, 1.165) is 64.0 Å². The van der Waals surface area contributed by atoms with Crippen LogP contribution in [-0.2, 0) is 25.8 Å². The quantitative estimate of drug-likeness (QED) is 0.288. The fourth-order valence-corrected chi connectivity index (χ4v) is 4.66. The van der Waals surface area contributed by atoms with Crippen molar-refractivity contribution in [2.75, 3.05) is 0 Å². The van der Waals surface area contributed by atoms with Crippen molar-refractivity contribution in [3.8, 4) is 5.75 Å². The third kappa shape index (κ3) is 4.86. The van der Waals surface area contributed by atoms with Crippen LogP contribution in [0.2, 0.25) is 0 Å². The van der Waals surface area contributed by atoms with E-state index in [1.54, 1.807) is 12.5 Å². The third-order valence-corrected chi connectivity index (χ3v) is 6.43. The highest BCUT2D eigenvalue weighted by atomic mass is 16.5. The van der Waals surface area contributed by atoms with Crippen LogP contribution in [0.1, 0.15) is 51.6 Å². The van der Waals surface area contributed by atoms with Crippen molar-refractivity contribution in [1.82, 2.24) is 9.55 Å². The molecule has 1 unspecified atom stereocenters. The van der Waals surface area contributed by atoms with Gasteiger partial charge in [-0.25, -0.2) is 4.98 Å². The molecule has 6 nitrogen and oxygen atoms in total. The Hall–Kier alpha value is -3.93. The first-order valence-corrected chi connectivity index (χ1v) is 11.7. The molecule has 0 aliphatic heterocycles. The highest BCUT2D eigenvalue weighted by molar-refractivity contribution is 5.99. The Kier molecular flexibility index (Phi) is 6.38. The summed E-state index contributed by atoms with van der Waals surface area (Å²) >= 11 is 0. The van der Waals surface area contributed by atoms with Gasteiger partial charge in [0.15, 0.2) is 18.2 Å². The molecule has 0 spiro atoms. The SMILES string of the molecule is O=C1CCCc2c1ccc(OC(Cn1ccnc1)c1ccccc1)c2CCc1cc[n+]([O-])cc1. The Morgan fingerprint density at radius 1 is 1.03 bits per heavy atom. The normalized spacial score (nSPS) is 13.9. The van der Waals surface area contributed by atoms with Crippen molar-refractivity contribution in [3.05, 3.63) is 119 Å². The van der Waals surface area contributed by atoms with Crippen LogP contribution < -0.4 is 9.47 Å². The number of rotatable bonds is 8. The fourth-order valence-electron chi connectivity index (χ4n) is 4.66. The van der Waals surface area contributed by atoms with Gasteiger partial charge in [0.25, 0.3) is 0 Å². The number of ketones is 1. The van der Waals surface area contributed by atoms with Gasteiger partial charge >= 0.3 is 0 Å². The number of carbonyl (C=O) groups is 1. The van der Waals surface area contributed by atoms with Crippen LogP contribution in [0.5, 0.6) is 5.75 Å². The van der Waals surface area contributed by atoms with E-state index in [1.165, 1.54) is 12.4 Å². The van der Waals surface area contributed by atoms with Crippen molar-refractivity contribution in [2.24, 2.45) is 0 Å². The van der Waals surface area contributed by atoms with Gasteiger partial charge in [-0.3, -0.25) is 4.79 Å². The van der Waals surface area contributed by atoms with E-state index in [1.807, 2.05) is 53.2 Å². The van der Waals surface area contributed by atoms with Gasteiger partial charge in [0.2, 0.25) is 0 Å². The maximum atomic E-state index is 12.6. The first-order chi connectivity index (χ1) is 16.7. The van der Waals surface area contributed by atoms with Gasteiger partial charge in [0.1, 0.15) is 11.9 Å². The summed E-state index contributed by atoms with van der Waals surface area (Å²) in [6.45, 7) is 0.627. The average Bonchev–Trinajstić information content (AvgIpc) is 3.38. The van der Waals surface area contributed by atoms with Crippen molar-refractivity contribution in [2.45, 2.75) is 44.8 Å². The van der Waals surface area contributed by atoms with E-state index >= 15 is 0 Å². The molecule has 2 aromatic heterocycles. The van der Waals surface area contributed by atoms with E-state index in [2.05, 4.69) is 17.1 Å². The van der Waals surface area contributed by atoms with Gasteiger partial charge in [-0.05, 0) is 60.1 Å². The number of fused-ring (bicyclic) bond motifs is 1.